The average molecular weight is 411 g/mol. The van der Waals surface area contributed by atoms with E-state index in [9.17, 15) is 9.59 Å². The van der Waals surface area contributed by atoms with Gasteiger partial charge in [0.05, 0.1) is 4.88 Å². The summed E-state index contributed by atoms with van der Waals surface area (Å²) in [6.07, 6.45) is 1.04. The summed E-state index contributed by atoms with van der Waals surface area (Å²) in [4.78, 5) is 28.7. The van der Waals surface area contributed by atoms with Crippen LogP contribution in [0.3, 0.4) is 0 Å². The standard InChI is InChI=1S/C22H19ClN2O2S/c23-17-5-3-15(4-6-17)18-7-8-19-16-10-14(12-25(19)21(18)26)11-24(13-16)22(27)20-2-1-9-28-20/h1-9,14,16H,10-13H2/t14-,16-/m1/s1. The van der Waals surface area contributed by atoms with Crippen LogP contribution in [-0.4, -0.2) is 28.5 Å². The molecule has 3 aromatic rings. The lowest BCUT2D eigenvalue weighted by molar-refractivity contribution is 0.0599. The summed E-state index contributed by atoms with van der Waals surface area (Å²) < 4.78 is 1.93. The first-order valence-corrected chi connectivity index (χ1v) is 10.7. The van der Waals surface area contributed by atoms with E-state index in [1.165, 1.54) is 11.3 Å². The second-order valence-electron chi connectivity index (χ2n) is 7.58. The number of nitrogens with zero attached hydrogens (tertiary/aromatic N) is 2. The molecule has 1 amide bonds. The van der Waals surface area contributed by atoms with Gasteiger partial charge in [0.2, 0.25) is 0 Å². The molecular weight excluding hydrogens is 392 g/mol. The number of hydrogen-bond donors (Lipinski definition) is 0. The van der Waals surface area contributed by atoms with Crippen molar-refractivity contribution < 1.29 is 4.79 Å². The minimum absolute atomic E-state index is 0.0487. The second-order valence-corrected chi connectivity index (χ2v) is 8.96. The van der Waals surface area contributed by atoms with Crippen LogP contribution in [0.5, 0.6) is 0 Å². The summed E-state index contributed by atoms with van der Waals surface area (Å²) in [5.41, 5.74) is 2.68. The van der Waals surface area contributed by atoms with Gasteiger partial charge in [0, 0.05) is 41.8 Å². The Morgan fingerprint density at radius 2 is 1.86 bits per heavy atom. The molecule has 1 saturated heterocycles. The third-order valence-corrected chi connectivity index (χ3v) is 6.89. The van der Waals surface area contributed by atoms with Crippen LogP contribution >= 0.6 is 22.9 Å². The van der Waals surface area contributed by atoms with E-state index in [0.29, 0.717) is 36.1 Å². The maximum Gasteiger partial charge on any atom is 0.263 e. The number of rotatable bonds is 2. The number of carbonyl (C=O) groups excluding carboxylic acids is 1. The van der Waals surface area contributed by atoms with Crippen LogP contribution in [0, 0.1) is 5.92 Å². The van der Waals surface area contributed by atoms with Gasteiger partial charge < -0.3 is 9.47 Å². The van der Waals surface area contributed by atoms with Crippen LogP contribution in [0.15, 0.2) is 58.7 Å². The predicted octanol–water partition coefficient (Wildman–Crippen LogP) is 4.49. The molecule has 0 unspecified atom stereocenters. The molecule has 2 atom stereocenters. The van der Waals surface area contributed by atoms with Gasteiger partial charge in [0.1, 0.15) is 0 Å². The number of fused-ring (bicyclic) bond motifs is 4. The number of hydrogen-bond acceptors (Lipinski definition) is 3. The molecule has 0 saturated carbocycles. The van der Waals surface area contributed by atoms with Crippen molar-refractivity contribution in [2.75, 3.05) is 13.1 Å². The fourth-order valence-electron chi connectivity index (χ4n) is 4.52. The Morgan fingerprint density at radius 1 is 1.04 bits per heavy atom. The van der Waals surface area contributed by atoms with Gasteiger partial charge in [-0.2, -0.15) is 0 Å². The van der Waals surface area contributed by atoms with E-state index >= 15 is 0 Å². The first-order chi connectivity index (χ1) is 13.6. The van der Waals surface area contributed by atoms with Crippen LogP contribution < -0.4 is 5.56 Å². The largest absolute Gasteiger partial charge is 0.337 e. The number of benzene rings is 1. The fourth-order valence-corrected chi connectivity index (χ4v) is 5.33. The van der Waals surface area contributed by atoms with Gasteiger partial charge in [0.25, 0.3) is 11.5 Å². The molecule has 2 aliphatic rings. The highest BCUT2D eigenvalue weighted by Crippen LogP contribution is 2.36. The number of piperidine rings is 1. The minimum Gasteiger partial charge on any atom is -0.337 e. The maximum absolute atomic E-state index is 13.2. The fraction of sp³-hybridized carbons (Fsp3) is 0.273. The zero-order chi connectivity index (χ0) is 19.3. The molecule has 0 aliphatic carbocycles. The van der Waals surface area contributed by atoms with Crippen molar-refractivity contribution in [3.8, 4) is 11.1 Å². The molecule has 2 aliphatic heterocycles. The molecular formula is C22H19ClN2O2S. The molecule has 1 aromatic carbocycles. The van der Waals surface area contributed by atoms with E-state index in [-0.39, 0.29) is 17.4 Å². The van der Waals surface area contributed by atoms with Gasteiger partial charge in [-0.3, -0.25) is 9.59 Å². The van der Waals surface area contributed by atoms with Crippen molar-refractivity contribution in [1.29, 1.82) is 0 Å². The van der Waals surface area contributed by atoms with Gasteiger partial charge in [-0.15, -0.1) is 11.3 Å². The number of amides is 1. The zero-order valence-electron chi connectivity index (χ0n) is 15.2. The van der Waals surface area contributed by atoms with Crippen LogP contribution in [0.25, 0.3) is 11.1 Å². The Balaban J connectivity index is 1.48. The van der Waals surface area contributed by atoms with Gasteiger partial charge in [0.15, 0.2) is 0 Å². The van der Waals surface area contributed by atoms with Crippen molar-refractivity contribution in [1.82, 2.24) is 9.47 Å². The molecule has 1 fully saturated rings. The molecule has 5 rings (SSSR count). The second kappa shape index (κ2) is 6.90. The normalized spacial score (nSPS) is 20.7. The summed E-state index contributed by atoms with van der Waals surface area (Å²) in [5, 5.41) is 2.59. The van der Waals surface area contributed by atoms with E-state index in [1.807, 2.05) is 57.3 Å². The molecule has 4 heterocycles. The number of thiophene rings is 1. The third-order valence-electron chi connectivity index (χ3n) is 5.78. The van der Waals surface area contributed by atoms with Gasteiger partial charge in [-0.1, -0.05) is 29.8 Å². The summed E-state index contributed by atoms with van der Waals surface area (Å²) in [6, 6.07) is 15.2. The van der Waals surface area contributed by atoms with E-state index in [1.54, 1.807) is 0 Å². The third kappa shape index (κ3) is 2.99. The number of carbonyl (C=O) groups is 1. The Kier molecular flexibility index (Phi) is 4.37. The maximum atomic E-state index is 13.2. The Hall–Kier alpha value is -2.37. The monoisotopic (exact) mass is 410 g/mol. The molecule has 142 valence electrons. The van der Waals surface area contributed by atoms with Crippen molar-refractivity contribution in [3.05, 3.63) is 79.9 Å². The summed E-state index contributed by atoms with van der Waals surface area (Å²) in [7, 11) is 0. The number of halogens is 1. The first-order valence-electron chi connectivity index (χ1n) is 9.42. The quantitative estimate of drug-likeness (QED) is 0.624. The Morgan fingerprint density at radius 3 is 2.61 bits per heavy atom. The van der Waals surface area contributed by atoms with Crippen LogP contribution in [0.4, 0.5) is 0 Å². The zero-order valence-corrected chi connectivity index (χ0v) is 16.7. The Labute approximate surface area is 172 Å². The SMILES string of the molecule is O=C(c1cccs1)N1C[C@H]2C[C@H](C1)c1ccc(-c3ccc(Cl)cc3)c(=O)n1C2. The highest BCUT2D eigenvalue weighted by molar-refractivity contribution is 7.12. The molecule has 6 heteroatoms. The van der Waals surface area contributed by atoms with Gasteiger partial charge >= 0.3 is 0 Å². The minimum atomic E-state index is 0.0487. The first kappa shape index (κ1) is 17.7. The molecule has 0 N–H and O–H groups in total. The molecule has 0 radical (unpaired) electrons. The smallest absolute Gasteiger partial charge is 0.263 e. The highest BCUT2D eigenvalue weighted by atomic mass is 35.5. The summed E-state index contributed by atoms with van der Waals surface area (Å²) in [6.45, 7) is 2.05. The van der Waals surface area contributed by atoms with Crippen LogP contribution in [0.1, 0.15) is 27.7 Å². The molecule has 2 bridgehead atoms. The number of aromatic nitrogens is 1. The highest BCUT2D eigenvalue weighted by Gasteiger charge is 2.37. The molecule has 4 nitrogen and oxygen atoms in total. The molecule has 28 heavy (non-hydrogen) atoms. The number of likely N-dealkylation sites (tertiary alicyclic amines) is 1. The lowest BCUT2D eigenvalue weighted by Gasteiger charge is -2.42. The number of pyridine rings is 1. The topological polar surface area (TPSA) is 42.3 Å². The predicted molar refractivity (Wildman–Crippen MR) is 112 cm³/mol. The van der Waals surface area contributed by atoms with E-state index in [2.05, 4.69) is 6.07 Å². The lowest BCUT2D eigenvalue weighted by atomic mass is 9.82. The van der Waals surface area contributed by atoms with E-state index in [4.69, 9.17) is 11.6 Å². The summed E-state index contributed by atoms with van der Waals surface area (Å²) in [5.74, 6) is 0.634. The van der Waals surface area contributed by atoms with Crippen LogP contribution in [0.2, 0.25) is 5.02 Å². The lowest BCUT2D eigenvalue weighted by Crippen LogP contribution is -2.49. The van der Waals surface area contributed by atoms with Crippen molar-refractivity contribution in [2.45, 2.75) is 18.9 Å². The van der Waals surface area contributed by atoms with Crippen molar-refractivity contribution in [3.63, 3.8) is 0 Å². The van der Waals surface area contributed by atoms with Crippen molar-refractivity contribution in [2.24, 2.45) is 5.92 Å². The van der Waals surface area contributed by atoms with E-state index < -0.39 is 0 Å². The summed E-state index contributed by atoms with van der Waals surface area (Å²) >= 11 is 7.47. The van der Waals surface area contributed by atoms with Gasteiger partial charge in [-0.05, 0) is 53.6 Å². The van der Waals surface area contributed by atoms with Crippen molar-refractivity contribution >= 4 is 28.8 Å². The Bertz CT molecular complexity index is 1090. The average Bonchev–Trinajstić information content (AvgIpc) is 3.24. The molecule has 0 spiro atoms. The van der Waals surface area contributed by atoms with Crippen LogP contribution in [-0.2, 0) is 6.54 Å². The molecule has 2 aromatic heterocycles. The van der Waals surface area contributed by atoms with E-state index in [0.717, 1.165) is 22.6 Å². The van der Waals surface area contributed by atoms with Gasteiger partial charge in [-0.25, -0.2) is 0 Å².